The molecule has 1 aromatic carbocycles. The van der Waals surface area contributed by atoms with Crippen molar-refractivity contribution in [2.45, 2.75) is 36.0 Å². The maximum absolute atomic E-state index is 12.3. The normalized spacial score (nSPS) is 14.5. The molecule has 0 bridgehead atoms. The van der Waals surface area contributed by atoms with Crippen LogP contribution in [0.5, 0.6) is 0 Å². The zero-order valence-corrected chi connectivity index (χ0v) is 14.5. The van der Waals surface area contributed by atoms with E-state index in [1.54, 1.807) is 26.0 Å². The fourth-order valence-electron chi connectivity index (χ4n) is 2.09. The van der Waals surface area contributed by atoms with Crippen molar-refractivity contribution in [2.24, 2.45) is 0 Å². The van der Waals surface area contributed by atoms with E-state index in [1.807, 2.05) is 0 Å². The summed E-state index contributed by atoms with van der Waals surface area (Å²) in [4.78, 5) is 34.1. The third kappa shape index (κ3) is 6.17. The van der Waals surface area contributed by atoms with Gasteiger partial charge in [-0.15, -0.1) is 11.8 Å². The molecule has 2 unspecified atom stereocenters. The highest BCUT2D eigenvalue weighted by atomic mass is 32.2. The van der Waals surface area contributed by atoms with Crippen molar-refractivity contribution in [3.05, 3.63) is 34.4 Å². The Labute approximate surface area is 143 Å². The quantitative estimate of drug-likeness (QED) is 0.395. The number of nitrogens with zero attached hydrogens (tertiary/aromatic N) is 1. The smallest absolute Gasteiger partial charge is 0.305 e. The standard InChI is InChI=1S/C15H20N2O6S/c1-10(24-12-6-4-11(5-7-12)17(21)22)14(20)16-15(2,9-23-3)8-13(18)19/h4-7,10H,8-9H2,1-3H3,(H,16,20)(H,18,19). The Bertz CT molecular complexity index is 606. The Balaban J connectivity index is 2.71. The Morgan fingerprint density at radius 2 is 2.00 bits per heavy atom. The predicted molar refractivity (Wildman–Crippen MR) is 89.1 cm³/mol. The number of carbonyl (C=O) groups is 2. The summed E-state index contributed by atoms with van der Waals surface area (Å²) < 4.78 is 4.99. The van der Waals surface area contributed by atoms with Gasteiger partial charge >= 0.3 is 5.97 Å². The van der Waals surface area contributed by atoms with Crippen molar-refractivity contribution < 1.29 is 24.4 Å². The number of amides is 1. The molecule has 0 spiro atoms. The van der Waals surface area contributed by atoms with E-state index in [2.05, 4.69) is 5.32 Å². The molecule has 0 aromatic heterocycles. The van der Waals surface area contributed by atoms with E-state index >= 15 is 0 Å². The zero-order chi connectivity index (χ0) is 18.3. The number of methoxy groups -OCH3 is 1. The number of hydrogen-bond donors (Lipinski definition) is 2. The number of ether oxygens (including phenoxy) is 1. The number of hydrogen-bond acceptors (Lipinski definition) is 6. The Hall–Kier alpha value is -2.13. The monoisotopic (exact) mass is 356 g/mol. The number of carbonyl (C=O) groups excluding carboxylic acids is 1. The Kier molecular flexibility index (Phi) is 7.18. The third-order valence-corrected chi connectivity index (χ3v) is 4.27. The van der Waals surface area contributed by atoms with Gasteiger partial charge in [-0.3, -0.25) is 19.7 Å². The fraction of sp³-hybridized carbons (Fsp3) is 0.467. The summed E-state index contributed by atoms with van der Waals surface area (Å²) in [6.07, 6.45) is -0.262. The molecular weight excluding hydrogens is 336 g/mol. The Morgan fingerprint density at radius 1 is 1.42 bits per heavy atom. The number of aliphatic carboxylic acids is 1. The number of carboxylic acid groups (broad SMARTS) is 1. The molecule has 1 rings (SSSR count). The summed E-state index contributed by atoms with van der Waals surface area (Å²) >= 11 is 1.23. The van der Waals surface area contributed by atoms with Gasteiger partial charge in [0.2, 0.25) is 5.91 Å². The first-order chi connectivity index (χ1) is 11.2. The maximum atomic E-state index is 12.3. The van der Waals surface area contributed by atoms with Crippen LogP contribution in [0.25, 0.3) is 0 Å². The highest BCUT2D eigenvalue weighted by Crippen LogP contribution is 2.26. The molecule has 8 nitrogen and oxygen atoms in total. The first kappa shape index (κ1) is 19.9. The van der Waals surface area contributed by atoms with Crippen molar-refractivity contribution in [3.63, 3.8) is 0 Å². The van der Waals surface area contributed by atoms with E-state index < -0.39 is 21.7 Å². The van der Waals surface area contributed by atoms with Crippen LogP contribution in [0.4, 0.5) is 5.69 Å². The lowest BCUT2D eigenvalue weighted by Crippen LogP contribution is -2.52. The first-order valence-corrected chi connectivity index (χ1v) is 7.99. The molecule has 0 fully saturated rings. The lowest BCUT2D eigenvalue weighted by Gasteiger charge is -2.29. The van der Waals surface area contributed by atoms with Crippen LogP contribution in [0.15, 0.2) is 29.2 Å². The van der Waals surface area contributed by atoms with E-state index in [-0.39, 0.29) is 24.6 Å². The molecule has 24 heavy (non-hydrogen) atoms. The average molecular weight is 356 g/mol. The summed E-state index contributed by atoms with van der Waals surface area (Å²) in [6.45, 7) is 3.35. The summed E-state index contributed by atoms with van der Waals surface area (Å²) in [6, 6.07) is 5.87. The molecule has 132 valence electrons. The minimum absolute atomic E-state index is 0.0226. The molecular formula is C15H20N2O6S. The minimum Gasteiger partial charge on any atom is -0.481 e. The van der Waals surface area contributed by atoms with Gasteiger partial charge in [0.05, 0.1) is 28.7 Å². The molecule has 0 saturated carbocycles. The van der Waals surface area contributed by atoms with Crippen molar-refractivity contribution >= 4 is 29.3 Å². The number of benzene rings is 1. The fourth-order valence-corrected chi connectivity index (χ4v) is 2.95. The number of nitro benzene ring substituents is 1. The van der Waals surface area contributed by atoms with Gasteiger partial charge in [-0.2, -0.15) is 0 Å². The number of thioether (sulfide) groups is 1. The van der Waals surface area contributed by atoms with Gasteiger partial charge < -0.3 is 15.2 Å². The van der Waals surface area contributed by atoms with Crippen LogP contribution in [0.1, 0.15) is 20.3 Å². The molecule has 1 amide bonds. The predicted octanol–water partition coefficient (Wildman–Crippen LogP) is 2.07. The topological polar surface area (TPSA) is 119 Å². The molecule has 1 aromatic rings. The van der Waals surface area contributed by atoms with Crippen molar-refractivity contribution in [2.75, 3.05) is 13.7 Å². The highest BCUT2D eigenvalue weighted by Gasteiger charge is 2.31. The van der Waals surface area contributed by atoms with Crippen LogP contribution in [0.2, 0.25) is 0 Å². The van der Waals surface area contributed by atoms with Crippen LogP contribution < -0.4 is 5.32 Å². The number of rotatable bonds is 9. The second-order valence-corrected chi connectivity index (χ2v) is 6.98. The molecule has 0 aliphatic heterocycles. The minimum atomic E-state index is -1.04. The number of carboxylic acids is 1. The van der Waals surface area contributed by atoms with Gasteiger partial charge in [-0.25, -0.2) is 0 Å². The average Bonchev–Trinajstić information content (AvgIpc) is 2.46. The second-order valence-electron chi connectivity index (χ2n) is 5.56. The van der Waals surface area contributed by atoms with Gasteiger partial charge in [-0.1, -0.05) is 0 Å². The molecule has 0 aliphatic carbocycles. The largest absolute Gasteiger partial charge is 0.481 e. The summed E-state index contributed by atoms with van der Waals surface area (Å²) in [5.74, 6) is -1.37. The molecule has 0 saturated heterocycles. The van der Waals surface area contributed by atoms with E-state index in [0.717, 1.165) is 0 Å². The lowest BCUT2D eigenvalue weighted by molar-refractivity contribution is -0.384. The van der Waals surface area contributed by atoms with Gasteiger partial charge in [0.25, 0.3) is 5.69 Å². The number of nitro groups is 1. The molecule has 0 radical (unpaired) electrons. The van der Waals surface area contributed by atoms with Crippen molar-refractivity contribution in [1.82, 2.24) is 5.32 Å². The van der Waals surface area contributed by atoms with Crippen LogP contribution in [-0.2, 0) is 14.3 Å². The molecule has 0 aliphatic rings. The van der Waals surface area contributed by atoms with Gasteiger partial charge in [0.15, 0.2) is 0 Å². The lowest BCUT2D eigenvalue weighted by atomic mass is 9.99. The zero-order valence-electron chi connectivity index (χ0n) is 13.6. The number of non-ortho nitro benzene ring substituents is 1. The molecule has 9 heteroatoms. The van der Waals surface area contributed by atoms with Gasteiger partial charge in [-0.05, 0) is 26.0 Å². The Morgan fingerprint density at radius 3 is 2.46 bits per heavy atom. The van der Waals surface area contributed by atoms with E-state index in [9.17, 15) is 19.7 Å². The van der Waals surface area contributed by atoms with Gasteiger partial charge in [0, 0.05) is 24.1 Å². The van der Waals surface area contributed by atoms with Crippen molar-refractivity contribution in [1.29, 1.82) is 0 Å². The van der Waals surface area contributed by atoms with Crippen molar-refractivity contribution in [3.8, 4) is 0 Å². The molecule has 0 heterocycles. The first-order valence-electron chi connectivity index (χ1n) is 7.11. The highest BCUT2D eigenvalue weighted by molar-refractivity contribution is 8.00. The van der Waals surface area contributed by atoms with E-state index in [0.29, 0.717) is 4.90 Å². The van der Waals surface area contributed by atoms with E-state index in [4.69, 9.17) is 9.84 Å². The third-order valence-electron chi connectivity index (χ3n) is 3.16. The van der Waals surface area contributed by atoms with E-state index in [1.165, 1.54) is 31.0 Å². The molecule has 2 atom stereocenters. The van der Waals surface area contributed by atoms with Gasteiger partial charge in [0.1, 0.15) is 0 Å². The summed E-state index contributed by atoms with van der Waals surface area (Å²) in [7, 11) is 1.43. The summed E-state index contributed by atoms with van der Waals surface area (Å²) in [5.41, 5.74) is -1.03. The second kappa shape index (κ2) is 8.65. The van der Waals surface area contributed by atoms with Crippen LogP contribution >= 0.6 is 11.8 Å². The van der Waals surface area contributed by atoms with Crippen LogP contribution in [0, 0.1) is 10.1 Å². The van der Waals surface area contributed by atoms with Crippen LogP contribution in [0.3, 0.4) is 0 Å². The SMILES string of the molecule is COCC(C)(CC(=O)O)NC(=O)C(C)Sc1ccc([N+](=O)[O-])cc1. The number of nitrogens with one attached hydrogen (secondary N) is 1. The maximum Gasteiger partial charge on any atom is 0.305 e. The molecule has 2 N–H and O–H groups in total. The van der Waals surface area contributed by atoms with Crippen LogP contribution in [-0.4, -0.2) is 46.4 Å². The summed E-state index contributed by atoms with van der Waals surface area (Å²) in [5, 5.41) is 21.8.